The van der Waals surface area contributed by atoms with Crippen molar-refractivity contribution in [1.82, 2.24) is 18.9 Å². The molecule has 2 N–H and O–H groups in total. The molecule has 27 heavy (non-hydrogen) atoms. The first-order valence-corrected chi connectivity index (χ1v) is 7.77. The molecule has 0 fully saturated rings. The predicted octanol–water partition coefficient (Wildman–Crippen LogP) is 2.23. The molecule has 0 spiro atoms. The lowest BCUT2D eigenvalue weighted by molar-refractivity contribution is -0.389. The van der Waals surface area contributed by atoms with E-state index in [1.807, 2.05) is 0 Å². The molecule has 0 saturated carbocycles. The molecule has 3 rings (SSSR count). The number of nitro groups is 1. The normalized spacial score (nSPS) is 14.3. The van der Waals surface area contributed by atoms with Crippen molar-refractivity contribution >= 4 is 17.3 Å². The smallest absolute Gasteiger partial charge is 0.374 e. The Bertz CT molecular complexity index is 983. The molecule has 3 heterocycles. The van der Waals surface area contributed by atoms with E-state index in [1.54, 1.807) is 12.1 Å². The lowest BCUT2D eigenvalue weighted by Crippen LogP contribution is -2.45. The minimum atomic E-state index is -4.99. The van der Waals surface area contributed by atoms with E-state index in [9.17, 15) is 28.4 Å². The van der Waals surface area contributed by atoms with Crippen LogP contribution in [-0.2, 0) is 12.6 Å². The Morgan fingerprint density at radius 2 is 2.07 bits per heavy atom. The fourth-order valence-corrected chi connectivity index (χ4v) is 2.78. The zero-order chi connectivity index (χ0) is 19.8. The van der Waals surface area contributed by atoms with Gasteiger partial charge in [0.2, 0.25) is 17.1 Å². The van der Waals surface area contributed by atoms with Gasteiger partial charge in [0.25, 0.3) is 0 Å². The van der Waals surface area contributed by atoms with E-state index < -0.39 is 41.3 Å². The van der Waals surface area contributed by atoms with Gasteiger partial charge in [0.15, 0.2) is 0 Å². The molecule has 3 aromatic rings. The quantitative estimate of drug-likeness (QED) is 0.498. The summed E-state index contributed by atoms with van der Waals surface area (Å²) >= 11 is 0. The Hall–Kier alpha value is -3.15. The molecular formula is C15H15F3N6O3. The predicted molar refractivity (Wildman–Crippen MR) is 88.1 cm³/mol. The van der Waals surface area contributed by atoms with Gasteiger partial charge in [0.05, 0.1) is 6.20 Å². The van der Waals surface area contributed by atoms with Crippen LogP contribution in [0.5, 0.6) is 0 Å². The molecule has 0 amide bonds. The number of rotatable bonds is 6. The molecular weight excluding hydrogens is 369 g/mol. The number of hydrogen-bond acceptors (Lipinski definition) is 6. The molecule has 0 saturated heterocycles. The van der Waals surface area contributed by atoms with Crippen LogP contribution in [0.25, 0.3) is 5.65 Å². The molecule has 0 aliphatic carbocycles. The molecule has 0 aromatic carbocycles. The molecule has 144 valence electrons. The van der Waals surface area contributed by atoms with E-state index in [4.69, 9.17) is 0 Å². The van der Waals surface area contributed by atoms with Crippen molar-refractivity contribution in [3.63, 3.8) is 0 Å². The van der Waals surface area contributed by atoms with Crippen LogP contribution in [0.3, 0.4) is 0 Å². The fraction of sp³-hybridized carbons (Fsp3) is 0.333. The van der Waals surface area contributed by atoms with Crippen molar-refractivity contribution in [2.75, 3.05) is 11.9 Å². The second kappa shape index (κ2) is 6.54. The number of aromatic nitrogens is 4. The Morgan fingerprint density at radius 1 is 1.33 bits per heavy atom. The van der Waals surface area contributed by atoms with E-state index in [0.717, 1.165) is 10.8 Å². The first-order valence-electron chi connectivity index (χ1n) is 7.77. The number of alkyl halides is 3. The average molecular weight is 384 g/mol. The van der Waals surface area contributed by atoms with E-state index >= 15 is 0 Å². The number of aryl methyl sites for hydroxylation is 1. The van der Waals surface area contributed by atoms with Crippen LogP contribution in [-0.4, -0.2) is 41.7 Å². The number of pyridine rings is 1. The van der Waals surface area contributed by atoms with Gasteiger partial charge in [0, 0.05) is 38.5 Å². The number of anilines is 1. The Labute approximate surface area is 150 Å². The molecule has 0 unspecified atom stereocenters. The van der Waals surface area contributed by atoms with Crippen LogP contribution >= 0.6 is 0 Å². The topological polar surface area (TPSA) is 111 Å². The average Bonchev–Trinajstić information content (AvgIpc) is 3.16. The summed E-state index contributed by atoms with van der Waals surface area (Å²) in [6.07, 6.45) is -1.95. The highest BCUT2D eigenvalue weighted by Gasteiger charge is 2.57. The van der Waals surface area contributed by atoms with Crippen molar-refractivity contribution < 1.29 is 23.2 Å². The fourth-order valence-electron chi connectivity index (χ4n) is 2.78. The van der Waals surface area contributed by atoms with Gasteiger partial charge < -0.3 is 25.1 Å². The second-order valence-corrected chi connectivity index (χ2v) is 5.87. The molecule has 1 atom stereocenters. The summed E-state index contributed by atoms with van der Waals surface area (Å²) in [7, 11) is 1.33. The Morgan fingerprint density at radius 3 is 2.67 bits per heavy atom. The van der Waals surface area contributed by atoms with Crippen LogP contribution in [0.15, 0.2) is 36.8 Å². The summed E-state index contributed by atoms with van der Waals surface area (Å²) in [4.78, 5) is 18.2. The lowest BCUT2D eigenvalue weighted by atomic mass is 9.97. The zero-order valence-corrected chi connectivity index (χ0v) is 14.0. The number of nitrogens with zero attached hydrogens (tertiary/aromatic N) is 5. The highest BCUT2D eigenvalue weighted by atomic mass is 19.4. The maximum absolute atomic E-state index is 13.5. The summed E-state index contributed by atoms with van der Waals surface area (Å²) in [5.74, 6) is -1.16. The van der Waals surface area contributed by atoms with Crippen LogP contribution in [0.1, 0.15) is 12.2 Å². The van der Waals surface area contributed by atoms with Crippen molar-refractivity contribution in [2.45, 2.75) is 18.2 Å². The first kappa shape index (κ1) is 18.6. The Balaban J connectivity index is 1.86. The maximum Gasteiger partial charge on any atom is 0.424 e. The lowest BCUT2D eigenvalue weighted by Gasteiger charge is -2.29. The van der Waals surface area contributed by atoms with Crippen molar-refractivity contribution in [3.8, 4) is 0 Å². The molecule has 0 bridgehead atoms. The standard InChI is InChI=1S/C15H15F3N6O3/c1-22-9-7-20-13(22)14(25,15(16,17)18)5-6-19-11-12(24(26)27)23-8-3-2-4-10(23)21-11/h2-4,7-9,19,25H,5-6H2,1H3/t14-/m1/s1. The van der Waals surface area contributed by atoms with Gasteiger partial charge >= 0.3 is 12.0 Å². The number of fused-ring (bicyclic) bond motifs is 1. The minimum absolute atomic E-state index is 0.185. The van der Waals surface area contributed by atoms with Crippen molar-refractivity contribution in [1.29, 1.82) is 0 Å². The third-order valence-electron chi connectivity index (χ3n) is 4.12. The third-order valence-corrected chi connectivity index (χ3v) is 4.12. The first-order chi connectivity index (χ1) is 12.6. The van der Waals surface area contributed by atoms with Gasteiger partial charge in [-0.15, -0.1) is 0 Å². The molecule has 0 aliphatic rings. The van der Waals surface area contributed by atoms with Crippen molar-refractivity contribution in [2.24, 2.45) is 7.05 Å². The zero-order valence-electron chi connectivity index (χ0n) is 14.0. The molecule has 3 aromatic heterocycles. The van der Waals surface area contributed by atoms with E-state index in [-0.39, 0.29) is 11.5 Å². The summed E-state index contributed by atoms with van der Waals surface area (Å²) in [6.45, 7) is -0.423. The third kappa shape index (κ3) is 3.18. The maximum atomic E-state index is 13.5. The van der Waals surface area contributed by atoms with Gasteiger partial charge in [0.1, 0.15) is 5.82 Å². The number of nitrogens with one attached hydrogen (secondary N) is 1. The molecule has 0 aliphatic heterocycles. The van der Waals surface area contributed by atoms with Gasteiger partial charge in [-0.1, -0.05) is 6.07 Å². The van der Waals surface area contributed by atoms with Gasteiger partial charge in [-0.05, 0) is 11.0 Å². The van der Waals surface area contributed by atoms with Crippen LogP contribution in [0.2, 0.25) is 0 Å². The van der Waals surface area contributed by atoms with Crippen molar-refractivity contribution in [3.05, 3.63) is 52.7 Å². The highest BCUT2D eigenvalue weighted by molar-refractivity contribution is 5.62. The molecule has 9 nitrogen and oxygen atoms in total. The molecule has 0 radical (unpaired) electrons. The number of aliphatic hydroxyl groups is 1. The number of hydrogen-bond donors (Lipinski definition) is 2. The number of imidazole rings is 2. The largest absolute Gasteiger partial charge is 0.424 e. The van der Waals surface area contributed by atoms with Gasteiger partial charge in [-0.25, -0.2) is 4.98 Å². The summed E-state index contributed by atoms with van der Waals surface area (Å²) in [6, 6.07) is 4.71. The van der Waals surface area contributed by atoms with Crippen LogP contribution < -0.4 is 5.32 Å². The highest BCUT2D eigenvalue weighted by Crippen LogP contribution is 2.40. The van der Waals surface area contributed by atoms with Gasteiger partial charge in [-0.3, -0.25) is 0 Å². The van der Waals surface area contributed by atoms with E-state index in [0.29, 0.717) is 0 Å². The second-order valence-electron chi connectivity index (χ2n) is 5.87. The summed E-state index contributed by atoms with van der Waals surface area (Å²) in [5.41, 5.74) is -2.95. The van der Waals surface area contributed by atoms with Crippen LogP contribution in [0.4, 0.5) is 24.8 Å². The summed E-state index contributed by atoms with van der Waals surface area (Å²) < 4.78 is 42.7. The molecule has 12 heteroatoms. The SMILES string of the molecule is Cn1ccnc1[C@](O)(CCNc1nc2ccccn2c1[N+](=O)[O-])C(F)(F)F. The minimum Gasteiger partial charge on any atom is -0.374 e. The summed E-state index contributed by atoms with van der Waals surface area (Å²) in [5, 5.41) is 24.1. The van der Waals surface area contributed by atoms with Crippen LogP contribution in [0, 0.1) is 10.1 Å². The number of halogens is 3. The van der Waals surface area contributed by atoms with E-state index in [2.05, 4.69) is 15.3 Å². The van der Waals surface area contributed by atoms with Gasteiger partial charge in [-0.2, -0.15) is 22.6 Å². The monoisotopic (exact) mass is 384 g/mol. The van der Waals surface area contributed by atoms with E-state index in [1.165, 1.54) is 29.9 Å². The Kier molecular flexibility index (Phi) is 4.51.